The lowest BCUT2D eigenvalue weighted by molar-refractivity contribution is -0.131. The molecule has 0 unspecified atom stereocenters. The molecule has 3 aliphatic rings. The molecular formula is C34H33BrCl2FN3O5. The van der Waals surface area contributed by atoms with Crippen LogP contribution in [-0.2, 0) is 19.7 Å². The number of fused-ring (bicyclic) bond motifs is 2. The van der Waals surface area contributed by atoms with Gasteiger partial charge in [-0.2, -0.15) is 0 Å². The lowest BCUT2D eigenvalue weighted by Gasteiger charge is -2.47. The predicted octanol–water partition coefficient (Wildman–Crippen LogP) is 7.91. The Labute approximate surface area is 285 Å². The van der Waals surface area contributed by atoms with E-state index in [1.807, 2.05) is 26.8 Å². The van der Waals surface area contributed by atoms with Crippen LogP contribution in [0.2, 0.25) is 10.0 Å². The maximum absolute atomic E-state index is 16.5. The van der Waals surface area contributed by atoms with Crippen molar-refractivity contribution in [3.8, 4) is 5.75 Å². The number of nitrogens with one attached hydrogen (secondary N) is 2. The van der Waals surface area contributed by atoms with Crippen molar-refractivity contribution in [3.05, 3.63) is 91.6 Å². The van der Waals surface area contributed by atoms with Crippen LogP contribution < -0.4 is 15.4 Å². The molecule has 0 aliphatic carbocycles. The van der Waals surface area contributed by atoms with Crippen molar-refractivity contribution in [1.82, 2.24) is 10.2 Å². The number of anilines is 1. The normalized spacial score (nSPS) is 23.2. The molecule has 3 aromatic rings. The molecule has 46 heavy (non-hydrogen) atoms. The van der Waals surface area contributed by atoms with Gasteiger partial charge in [-0.1, -0.05) is 41.4 Å². The summed E-state index contributed by atoms with van der Waals surface area (Å²) in [5.41, 5.74) is -0.336. The summed E-state index contributed by atoms with van der Waals surface area (Å²) in [7, 11) is 0. The first kappa shape index (κ1) is 32.6. The number of nitrogens with zero attached hydrogens (tertiary/aromatic N) is 1. The van der Waals surface area contributed by atoms with Crippen LogP contribution in [-0.4, -0.2) is 47.6 Å². The molecule has 2 saturated heterocycles. The largest absolute Gasteiger partial charge is 0.490 e. The van der Waals surface area contributed by atoms with Gasteiger partial charge in [0.25, 0.3) is 0 Å². The van der Waals surface area contributed by atoms with Crippen molar-refractivity contribution in [1.29, 1.82) is 0 Å². The van der Waals surface area contributed by atoms with Crippen LogP contribution in [0.15, 0.2) is 59.1 Å². The van der Waals surface area contributed by atoms with Crippen molar-refractivity contribution in [2.75, 3.05) is 18.4 Å². The van der Waals surface area contributed by atoms with Gasteiger partial charge in [-0.05, 0) is 84.2 Å². The molecule has 3 aromatic carbocycles. The van der Waals surface area contributed by atoms with E-state index < -0.39 is 40.8 Å². The molecule has 0 aromatic heterocycles. The molecule has 8 nitrogen and oxygen atoms in total. The van der Waals surface area contributed by atoms with Crippen LogP contribution in [0.1, 0.15) is 68.7 Å². The van der Waals surface area contributed by atoms with Gasteiger partial charge >= 0.3 is 6.09 Å². The molecule has 6 rings (SSSR count). The first-order valence-electron chi connectivity index (χ1n) is 15.1. The lowest BCUT2D eigenvalue weighted by atomic mass is 9.59. The number of hydrogen-bond acceptors (Lipinski definition) is 5. The Balaban J connectivity index is 1.43. The van der Waals surface area contributed by atoms with E-state index in [1.165, 1.54) is 6.07 Å². The van der Waals surface area contributed by atoms with E-state index in [1.54, 1.807) is 47.4 Å². The first-order chi connectivity index (χ1) is 21.8. The van der Waals surface area contributed by atoms with Crippen LogP contribution in [0.4, 0.5) is 14.9 Å². The summed E-state index contributed by atoms with van der Waals surface area (Å²) in [6, 6.07) is 14.1. The van der Waals surface area contributed by atoms with Gasteiger partial charge in [0.1, 0.15) is 28.7 Å². The van der Waals surface area contributed by atoms with Crippen LogP contribution in [0.3, 0.4) is 0 Å². The van der Waals surface area contributed by atoms with Gasteiger partial charge in [-0.15, -0.1) is 0 Å². The van der Waals surface area contributed by atoms with Gasteiger partial charge in [0.2, 0.25) is 11.8 Å². The van der Waals surface area contributed by atoms with E-state index in [4.69, 9.17) is 32.7 Å². The number of benzene rings is 3. The number of piperidine rings is 2. The van der Waals surface area contributed by atoms with Gasteiger partial charge < -0.3 is 25.0 Å². The molecule has 2 N–H and O–H groups in total. The van der Waals surface area contributed by atoms with Gasteiger partial charge in [0, 0.05) is 54.0 Å². The Morgan fingerprint density at radius 3 is 2.46 bits per heavy atom. The number of amides is 3. The molecule has 3 atom stereocenters. The minimum absolute atomic E-state index is 0.0404. The number of rotatable bonds is 4. The molecular weight excluding hydrogens is 700 g/mol. The van der Waals surface area contributed by atoms with E-state index in [0.717, 1.165) is 0 Å². The Bertz CT molecular complexity index is 1730. The average molecular weight is 733 g/mol. The zero-order valence-corrected chi connectivity index (χ0v) is 28.6. The number of halogens is 4. The Morgan fingerprint density at radius 1 is 1.04 bits per heavy atom. The second kappa shape index (κ2) is 12.4. The summed E-state index contributed by atoms with van der Waals surface area (Å²) in [6.07, 6.45) is 0.157. The zero-order valence-electron chi connectivity index (χ0n) is 25.5. The Hall–Kier alpha value is -3.34. The molecule has 12 heteroatoms. The zero-order chi connectivity index (χ0) is 33.0. The first-order valence-corrected chi connectivity index (χ1v) is 16.6. The summed E-state index contributed by atoms with van der Waals surface area (Å²) >= 11 is 16.1. The third-order valence-corrected chi connectivity index (χ3v) is 9.85. The minimum Gasteiger partial charge on any atom is -0.490 e. The summed E-state index contributed by atoms with van der Waals surface area (Å²) in [6.45, 7) is 6.23. The van der Waals surface area contributed by atoms with Crippen molar-refractivity contribution in [2.45, 2.75) is 69.1 Å². The van der Waals surface area contributed by atoms with Crippen LogP contribution >= 0.6 is 39.1 Å². The topological polar surface area (TPSA) is 97.0 Å². The molecule has 1 spiro atoms. The fourth-order valence-corrected chi connectivity index (χ4v) is 7.55. The number of hydrogen-bond donors (Lipinski definition) is 2. The molecule has 0 radical (unpaired) electrons. The maximum Gasteiger partial charge on any atom is 0.410 e. The molecule has 3 amide bonds. The minimum atomic E-state index is -1.49. The average Bonchev–Trinajstić information content (AvgIpc) is 3.26. The van der Waals surface area contributed by atoms with Crippen molar-refractivity contribution in [2.24, 2.45) is 0 Å². The highest BCUT2D eigenvalue weighted by Crippen LogP contribution is 2.59. The van der Waals surface area contributed by atoms with Crippen molar-refractivity contribution in [3.63, 3.8) is 0 Å². The Kier molecular flexibility index (Phi) is 8.76. The monoisotopic (exact) mass is 731 g/mol. The highest BCUT2D eigenvalue weighted by atomic mass is 79.9. The maximum atomic E-state index is 16.5. The lowest BCUT2D eigenvalue weighted by Crippen LogP contribution is -2.57. The van der Waals surface area contributed by atoms with E-state index in [2.05, 4.69) is 26.6 Å². The number of likely N-dealkylation sites (tertiary alicyclic amines) is 1. The fraction of sp³-hybridized carbons (Fsp3) is 0.382. The van der Waals surface area contributed by atoms with E-state index in [-0.39, 0.29) is 34.2 Å². The van der Waals surface area contributed by atoms with Gasteiger partial charge in [-0.3, -0.25) is 9.59 Å². The molecule has 242 valence electrons. The fourth-order valence-electron chi connectivity index (χ4n) is 6.83. The summed E-state index contributed by atoms with van der Waals surface area (Å²) in [5.74, 6) is -1.93. The smallest absolute Gasteiger partial charge is 0.410 e. The van der Waals surface area contributed by atoms with Crippen LogP contribution in [0, 0.1) is 5.82 Å². The van der Waals surface area contributed by atoms with E-state index >= 15 is 4.39 Å². The van der Waals surface area contributed by atoms with Gasteiger partial charge in [-0.25, -0.2) is 9.18 Å². The predicted molar refractivity (Wildman–Crippen MR) is 177 cm³/mol. The summed E-state index contributed by atoms with van der Waals surface area (Å²) in [4.78, 5) is 42.2. The Morgan fingerprint density at radius 2 is 1.76 bits per heavy atom. The van der Waals surface area contributed by atoms with Gasteiger partial charge in [0.05, 0.1) is 16.1 Å². The van der Waals surface area contributed by atoms with Crippen LogP contribution in [0.5, 0.6) is 5.75 Å². The van der Waals surface area contributed by atoms with Crippen LogP contribution in [0.25, 0.3) is 0 Å². The summed E-state index contributed by atoms with van der Waals surface area (Å²) in [5, 5.41) is 6.80. The molecule has 3 heterocycles. The third-order valence-electron chi connectivity index (χ3n) is 8.77. The van der Waals surface area contributed by atoms with Crippen molar-refractivity contribution < 1.29 is 28.2 Å². The highest BCUT2D eigenvalue weighted by Gasteiger charge is 2.62. The molecule has 2 fully saturated rings. The van der Waals surface area contributed by atoms with Gasteiger partial charge in [0.15, 0.2) is 0 Å². The summed E-state index contributed by atoms with van der Waals surface area (Å²) < 4.78 is 28.7. The number of carbonyl (C=O) groups excluding carboxylic acids is 3. The number of carbonyl (C=O) groups is 3. The second-order valence-electron chi connectivity index (χ2n) is 12.9. The quantitative estimate of drug-likeness (QED) is 0.284. The molecule has 0 saturated carbocycles. The highest BCUT2D eigenvalue weighted by molar-refractivity contribution is 9.10. The third kappa shape index (κ3) is 5.95. The molecule has 3 aliphatic heterocycles. The van der Waals surface area contributed by atoms with E-state index in [9.17, 15) is 14.4 Å². The second-order valence-corrected chi connectivity index (χ2v) is 14.6. The standard InChI is InChI=1S/C34H33BrCl2FN3O5/c1-33(2,3)46-32(44)41-13-11-21(12-14-41)45-26-10-9-24(35)29(38)28(26)30-34(22-8-7-20(37)16-25(22)39-31(34)43)23(17-27(42)40-30)18-5-4-6-19(36)15-18/h4-10,15-16,21,23,30H,11-14,17H2,1-3H3,(H,39,43)(H,40,42)/t23-,30-,34-/m1/s1. The number of ether oxygens (including phenoxy) is 2. The van der Waals surface area contributed by atoms with E-state index in [0.29, 0.717) is 52.8 Å². The van der Waals surface area contributed by atoms with Crippen molar-refractivity contribution >= 4 is 62.7 Å². The molecule has 0 bridgehead atoms. The SMILES string of the molecule is CC(C)(C)OC(=O)N1CCC(Oc2ccc(Br)c(F)c2[C@H]2NC(=O)C[C@H](c3cccc(Cl)c3)[C@@]23C(=O)Nc2cc(Cl)ccc23)CC1.